The summed E-state index contributed by atoms with van der Waals surface area (Å²) in [6, 6.07) is 0. The molecule has 0 bridgehead atoms. The summed E-state index contributed by atoms with van der Waals surface area (Å²) in [6.07, 6.45) is 0.686. The van der Waals surface area contributed by atoms with Crippen molar-refractivity contribution in [2.24, 2.45) is 9.57 Å². The van der Waals surface area contributed by atoms with Crippen LogP contribution in [0.3, 0.4) is 0 Å². The highest BCUT2D eigenvalue weighted by Gasteiger charge is 2.14. The zero-order chi connectivity index (χ0) is 15.7. The van der Waals surface area contributed by atoms with Crippen LogP contribution >= 0.6 is 0 Å². The molecule has 1 saturated heterocycles. The third-order valence-electron chi connectivity index (χ3n) is 2.51. The van der Waals surface area contributed by atoms with Gasteiger partial charge in [-0.2, -0.15) is 5.10 Å². The summed E-state index contributed by atoms with van der Waals surface area (Å²) in [4.78, 5) is 33.5. The molecule has 1 fully saturated rings. The van der Waals surface area contributed by atoms with E-state index in [9.17, 15) is 14.4 Å². The van der Waals surface area contributed by atoms with Crippen molar-refractivity contribution in [3.63, 3.8) is 0 Å². The van der Waals surface area contributed by atoms with Crippen LogP contribution in [0.2, 0.25) is 0 Å². The topological polar surface area (TPSA) is 109 Å². The number of hydrogen-bond acceptors (Lipinski definition) is 5. The van der Waals surface area contributed by atoms with Crippen molar-refractivity contribution in [1.82, 2.24) is 10.6 Å². The lowest BCUT2D eigenvalue weighted by molar-refractivity contribution is -0.143. The van der Waals surface area contributed by atoms with E-state index in [1.54, 1.807) is 13.8 Å². The fraction of sp³-hybridized carbons (Fsp3) is 0.667. The molecule has 1 unspecified atom stereocenters. The Hall–Kier alpha value is -1.77. The van der Waals surface area contributed by atoms with Gasteiger partial charge < -0.3 is 15.4 Å². The lowest BCUT2D eigenvalue weighted by Gasteiger charge is -2.04. The van der Waals surface area contributed by atoms with Crippen LogP contribution in [-0.2, 0) is 29.8 Å². The Labute approximate surface area is 125 Å². The van der Waals surface area contributed by atoms with Gasteiger partial charge in [-0.3, -0.25) is 14.4 Å². The Bertz CT molecular complexity index is 476. The van der Waals surface area contributed by atoms with Gasteiger partial charge in [0.05, 0.1) is 18.2 Å². The van der Waals surface area contributed by atoms with Gasteiger partial charge in [-0.1, -0.05) is 0 Å². The van der Waals surface area contributed by atoms with Crippen LogP contribution in [0.15, 0.2) is 9.57 Å². The van der Waals surface area contributed by atoms with E-state index in [0.717, 1.165) is 0 Å². The molecule has 0 aromatic heterocycles. The van der Waals surface area contributed by atoms with Crippen molar-refractivity contribution in [2.75, 3.05) is 24.8 Å². The molecule has 0 aromatic rings. The number of rotatable bonds is 7. The van der Waals surface area contributed by atoms with Crippen LogP contribution in [0.5, 0.6) is 0 Å². The molecule has 0 aliphatic carbocycles. The summed E-state index contributed by atoms with van der Waals surface area (Å²) < 4.78 is 8.77. The molecule has 0 aromatic carbocycles. The van der Waals surface area contributed by atoms with Crippen molar-refractivity contribution in [3.8, 4) is 0 Å². The van der Waals surface area contributed by atoms with Crippen LogP contribution in [0.25, 0.3) is 0 Å². The highest BCUT2D eigenvalue weighted by molar-refractivity contribution is 7.88. The molecule has 118 valence electrons. The quantitative estimate of drug-likeness (QED) is 0.382. The van der Waals surface area contributed by atoms with Gasteiger partial charge in [0.2, 0.25) is 11.8 Å². The summed E-state index contributed by atoms with van der Waals surface area (Å²) in [6.45, 7) is 3.65. The van der Waals surface area contributed by atoms with Crippen LogP contribution in [0, 0.1) is 0 Å². The standard InChI is InChI=1S/C12H20N4O4S/c1-3-20-12(19)6-13-10(17)5-4-9(2)15-16-21-7-11(18)14-8-21/h3-8H2,1-2H3,(H,13,17)(H,14,18)/b15-9+. The molecule has 2 amide bonds. The lowest BCUT2D eigenvalue weighted by Crippen LogP contribution is -2.30. The predicted molar refractivity (Wildman–Crippen MR) is 79.7 cm³/mol. The van der Waals surface area contributed by atoms with E-state index >= 15 is 0 Å². The molecule has 0 spiro atoms. The average Bonchev–Trinajstić information content (AvgIpc) is 2.86. The lowest BCUT2D eigenvalue weighted by atomic mass is 10.2. The van der Waals surface area contributed by atoms with Crippen molar-refractivity contribution < 1.29 is 19.1 Å². The minimum absolute atomic E-state index is 0.00622. The summed E-state index contributed by atoms with van der Waals surface area (Å²) in [7, 11) is -0.389. The number of carbonyl (C=O) groups is 3. The van der Waals surface area contributed by atoms with E-state index in [-0.39, 0.29) is 35.5 Å². The van der Waals surface area contributed by atoms with E-state index in [1.165, 1.54) is 0 Å². The van der Waals surface area contributed by atoms with Crippen LogP contribution in [0.4, 0.5) is 0 Å². The fourth-order valence-electron chi connectivity index (χ4n) is 1.42. The number of esters is 1. The van der Waals surface area contributed by atoms with E-state index in [1.807, 2.05) is 0 Å². The van der Waals surface area contributed by atoms with Gasteiger partial charge in [-0.15, -0.1) is 4.47 Å². The molecule has 1 rings (SSSR count). The smallest absolute Gasteiger partial charge is 0.325 e. The number of nitrogens with zero attached hydrogens (tertiary/aromatic N) is 2. The zero-order valence-electron chi connectivity index (χ0n) is 12.2. The van der Waals surface area contributed by atoms with Gasteiger partial charge in [0, 0.05) is 12.1 Å². The Morgan fingerprint density at radius 3 is 2.81 bits per heavy atom. The maximum atomic E-state index is 11.5. The normalized spacial score (nSPS) is 18.5. The van der Waals surface area contributed by atoms with Gasteiger partial charge in [-0.25, -0.2) is 0 Å². The molecule has 1 atom stereocenters. The third kappa shape index (κ3) is 7.54. The molecule has 1 aliphatic heterocycles. The highest BCUT2D eigenvalue weighted by atomic mass is 32.2. The first-order chi connectivity index (χ1) is 10.0. The molecule has 2 N–H and O–H groups in total. The Morgan fingerprint density at radius 1 is 1.43 bits per heavy atom. The summed E-state index contributed by atoms with van der Waals surface area (Å²) in [5.74, 6) is 0.226. The number of ether oxygens (including phenoxy) is 1. The van der Waals surface area contributed by atoms with Gasteiger partial charge in [0.15, 0.2) is 0 Å². The first kappa shape index (κ1) is 17.3. The third-order valence-corrected chi connectivity index (χ3v) is 3.90. The molecule has 21 heavy (non-hydrogen) atoms. The van der Waals surface area contributed by atoms with Gasteiger partial charge in [0.1, 0.15) is 6.54 Å². The van der Waals surface area contributed by atoms with E-state index in [4.69, 9.17) is 4.74 Å². The minimum atomic E-state index is -0.453. The van der Waals surface area contributed by atoms with E-state index in [2.05, 4.69) is 20.2 Å². The number of amides is 2. The summed E-state index contributed by atoms with van der Waals surface area (Å²) in [5.41, 5.74) is 0.716. The number of carbonyl (C=O) groups excluding carboxylic acids is 3. The number of hydrogen-bond donors (Lipinski definition) is 2. The average molecular weight is 316 g/mol. The van der Waals surface area contributed by atoms with Gasteiger partial charge >= 0.3 is 5.97 Å². The fourth-order valence-corrected chi connectivity index (χ4v) is 2.62. The van der Waals surface area contributed by atoms with Crippen LogP contribution in [0.1, 0.15) is 26.7 Å². The minimum Gasteiger partial charge on any atom is -0.465 e. The SMILES string of the molecule is CCOC(=O)CNC(=O)CC/C(C)=N/N=S1/CNC(=O)C1. The van der Waals surface area contributed by atoms with Crippen molar-refractivity contribution in [2.45, 2.75) is 26.7 Å². The molecule has 9 heteroatoms. The van der Waals surface area contributed by atoms with Crippen LogP contribution in [-0.4, -0.2) is 48.3 Å². The number of nitrogens with one attached hydrogen (secondary N) is 2. The first-order valence-corrected chi connectivity index (χ1v) is 8.14. The zero-order valence-corrected chi connectivity index (χ0v) is 13.0. The second-order valence-electron chi connectivity index (χ2n) is 4.35. The molecule has 0 radical (unpaired) electrons. The summed E-state index contributed by atoms with van der Waals surface area (Å²) in [5, 5.41) is 9.18. The van der Waals surface area contributed by atoms with Crippen molar-refractivity contribution in [3.05, 3.63) is 0 Å². The molecular weight excluding hydrogens is 296 g/mol. The largest absolute Gasteiger partial charge is 0.465 e. The monoisotopic (exact) mass is 316 g/mol. The molecular formula is C12H20N4O4S. The van der Waals surface area contributed by atoms with Crippen LogP contribution < -0.4 is 10.6 Å². The van der Waals surface area contributed by atoms with Gasteiger partial charge in [-0.05, 0) is 31.0 Å². The Kier molecular flexibility index (Phi) is 7.59. The van der Waals surface area contributed by atoms with E-state index < -0.39 is 5.97 Å². The molecule has 0 saturated carbocycles. The second-order valence-corrected chi connectivity index (χ2v) is 6.01. The van der Waals surface area contributed by atoms with E-state index in [0.29, 0.717) is 30.4 Å². The Balaban J connectivity index is 2.25. The Morgan fingerprint density at radius 2 is 2.19 bits per heavy atom. The molecule has 1 aliphatic rings. The second kappa shape index (κ2) is 9.22. The predicted octanol–water partition coefficient (Wildman–Crippen LogP) is -0.289. The molecule has 1 heterocycles. The first-order valence-electron chi connectivity index (χ1n) is 6.62. The van der Waals surface area contributed by atoms with Gasteiger partial charge in [0.25, 0.3) is 0 Å². The summed E-state index contributed by atoms with van der Waals surface area (Å²) >= 11 is 0. The van der Waals surface area contributed by atoms with Crippen molar-refractivity contribution >= 4 is 34.2 Å². The van der Waals surface area contributed by atoms with Crippen molar-refractivity contribution in [1.29, 1.82) is 0 Å². The maximum absolute atomic E-state index is 11.5. The maximum Gasteiger partial charge on any atom is 0.325 e. The highest BCUT2D eigenvalue weighted by Crippen LogP contribution is 1.99. The molecule has 8 nitrogen and oxygen atoms in total.